The molecule has 0 amide bonds. The van der Waals surface area contributed by atoms with Crippen LogP contribution >= 0.6 is 17.0 Å². The molecule has 2 nitrogen and oxygen atoms in total. The summed E-state index contributed by atoms with van der Waals surface area (Å²) in [4.78, 5) is 0. The van der Waals surface area contributed by atoms with E-state index in [4.69, 9.17) is 25.9 Å². The van der Waals surface area contributed by atoms with E-state index in [0.717, 1.165) is 34.2 Å². The van der Waals surface area contributed by atoms with Crippen LogP contribution < -0.4 is 0 Å². The molecule has 0 fully saturated rings. The van der Waals surface area contributed by atoms with Gasteiger partial charge in [-0.05, 0) is 132 Å². The van der Waals surface area contributed by atoms with Crippen molar-refractivity contribution in [2.75, 3.05) is 0 Å². The van der Waals surface area contributed by atoms with Gasteiger partial charge in [0, 0.05) is 0 Å². The zero-order valence-electron chi connectivity index (χ0n) is 44.8. The van der Waals surface area contributed by atoms with Crippen LogP contribution in [0.5, 0.6) is 0 Å². The van der Waals surface area contributed by atoms with Crippen molar-refractivity contribution in [2.24, 2.45) is 0 Å². The van der Waals surface area contributed by atoms with E-state index in [-0.39, 0.29) is 27.1 Å². The standard InChI is InChI=1S/2C30H35O.C2H6Si.2ClH.Zr/c2*1-18-12-21-13-22(27-11-10-19(2)31-27)16-26(21)28(20(18)3)23-14-24(29(4,5)6)17-25(15-23)30(7,8)9;1-3-2;;;/h2*10-17H,1-9H3;1-2H3;2*1H;/q2*-1;;;;+2/p-2. The van der Waals surface area contributed by atoms with Gasteiger partial charge in [-0.15, -0.1) is 57.9 Å². The average molecular weight is 1040 g/mol. The van der Waals surface area contributed by atoms with Crippen molar-refractivity contribution in [3.05, 3.63) is 153 Å². The third-order valence-electron chi connectivity index (χ3n) is 13.4. The summed E-state index contributed by atoms with van der Waals surface area (Å²) in [5.74, 6) is 3.77. The normalized spacial score (nSPS) is 12.3. The Kier molecular flexibility index (Phi) is 16.0. The molecule has 0 atom stereocenters. The quantitative estimate of drug-likeness (QED) is 0.130. The second kappa shape index (κ2) is 20.2. The number of aryl methyl sites for hydroxylation is 4. The van der Waals surface area contributed by atoms with Crippen LogP contribution in [0.25, 0.3) is 66.4 Å². The molecular weight excluding hydrogens is 967 g/mol. The molecule has 0 saturated heterocycles. The first kappa shape index (κ1) is 53.7. The van der Waals surface area contributed by atoms with Crippen LogP contribution in [0.2, 0.25) is 13.1 Å². The van der Waals surface area contributed by atoms with Crippen molar-refractivity contribution >= 4 is 44.0 Å². The molecule has 0 unspecified atom stereocenters. The second-order valence-electron chi connectivity index (χ2n) is 23.6. The van der Waals surface area contributed by atoms with Gasteiger partial charge in [0.15, 0.2) is 0 Å². The Balaban J connectivity index is 0.000000200. The van der Waals surface area contributed by atoms with Crippen LogP contribution in [0.15, 0.2) is 106 Å². The first-order valence-electron chi connectivity index (χ1n) is 24.2. The molecule has 2 heterocycles. The fourth-order valence-corrected chi connectivity index (χ4v) is 8.69. The molecule has 2 aromatic heterocycles. The van der Waals surface area contributed by atoms with Crippen molar-refractivity contribution in [1.29, 1.82) is 0 Å². The summed E-state index contributed by atoms with van der Waals surface area (Å²) in [6.45, 7) is 44.9. The Bertz CT molecular complexity index is 2870. The minimum Gasteiger partial charge on any atom is -0.496 e. The van der Waals surface area contributed by atoms with Gasteiger partial charge < -0.3 is 8.83 Å². The summed E-state index contributed by atoms with van der Waals surface area (Å²) in [5, 5.41) is 5.16. The Labute approximate surface area is 424 Å². The number of benzene rings is 4. The fourth-order valence-electron chi connectivity index (χ4n) is 8.69. The van der Waals surface area contributed by atoms with Gasteiger partial charge in [-0.1, -0.05) is 153 Å². The molecule has 0 aliphatic rings. The number of furan rings is 2. The summed E-state index contributed by atoms with van der Waals surface area (Å²) < 4.78 is 11.9. The van der Waals surface area contributed by atoms with Crippen molar-refractivity contribution in [3.63, 3.8) is 0 Å². The number of hydrogen-bond acceptors (Lipinski definition) is 2. The molecule has 6 heteroatoms. The van der Waals surface area contributed by atoms with Crippen LogP contribution in [0.1, 0.15) is 139 Å². The molecule has 0 N–H and O–H groups in total. The fraction of sp³-hybridized carbons (Fsp3) is 0.387. The summed E-state index contributed by atoms with van der Waals surface area (Å²) in [6.07, 6.45) is 0. The first-order chi connectivity index (χ1) is 31.3. The van der Waals surface area contributed by atoms with Crippen LogP contribution in [-0.4, -0.2) is 5.43 Å². The third kappa shape index (κ3) is 12.3. The van der Waals surface area contributed by atoms with E-state index in [1.54, 1.807) is 0 Å². The van der Waals surface area contributed by atoms with Gasteiger partial charge in [-0.2, -0.15) is 0 Å². The molecule has 68 heavy (non-hydrogen) atoms. The Morgan fingerprint density at radius 2 is 0.735 bits per heavy atom. The summed E-state index contributed by atoms with van der Waals surface area (Å²) in [6, 6.07) is 36.4. The zero-order chi connectivity index (χ0) is 50.6. The monoisotopic (exact) mass is 1040 g/mol. The third-order valence-corrected chi connectivity index (χ3v) is 33.1. The zero-order valence-corrected chi connectivity index (χ0v) is 49.8. The Morgan fingerprint density at radius 3 is 0.971 bits per heavy atom. The molecule has 360 valence electrons. The van der Waals surface area contributed by atoms with E-state index < -0.39 is 18.0 Å². The molecule has 0 aliphatic carbocycles. The predicted octanol–water partition coefficient (Wildman–Crippen LogP) is 20.2. The van der Waals surface area contributed by atoms with Crippen molar-refractivity contribution in [2.45, 2.75) is 159 Å². The van der Waals surface area contributed by atoms with Crippen LogP contribution in [0, 0.1) is 41.5 Å². The van der Waals surface area contributed by atoms with Crippen LogP contribution in [-0.2, 0) is 39.6 Å². The molecule has 6 aromatic carbocycles. The van der Waals surface area contributed by atoms with Crippen LogP contribution in [0.3, 0.4) is 0 Å². The van der Waals surface area contributed by atoms with Gasteiger partial charge in [-0.25, -0.2) is 0 Å². The Hall–Kier alpha value is -3.66. The minimum absolute atomic E-state index is 0.0930. The van der Waals surface area contributed by atoms with Gasteiger partial charge >= 0.3 is 53.5 Å². The molecular formula is C62H76Cl2O2SiZr-2. The molecule has 0 bridgehead atoms. The molecule has 0 radical (unpaired) electrons. The molecule has 8 aromatic rings. The van der Waals surface area contributed by atoms with E-state index in [1.165, 1.54) is 88.3 Å². The topological polar surface area (TPSA) is 26.3 Å². The number of rotatable bonds is 4. The van der Waals surface area contributed by atoms with Crippen molar-refractivity contribution < 1.29 is 26.8 Å². The summed E-state index contributed by atoms with van der Waals surface area (Å²) in [7, 11) is 11.2. The maximum atomic E-state index is 5.93. The molecule has 0 saturated carbocycles. The van der Waals surface area contributed by atoms with Gasteiger partial charge in [0.1, 0.15) is 0 Å². The maximum absolute atomic E-state index is 5.93. The van der Waals surface area contributed by atoms with Crippen LogP contribution in [0.4, 0.5) is 0 Å². The SMILES string of the molecule is C[Si](C)=[Zr]([Cl])[Cl].Cc1ccc(-c2cc3c(-c4cc(C(C)(C)C)cc(C(C)(C)C)c4)c(C)c(C)cc3[cH-]2)o1.Cc1ccc(-c2cc3c(-c4cc(C(C)(C)C)cc(C(C)(C)C)c4)c(C)c(C)cc3[cH-]2)o1. The minimum atomic E-state index is -1.65. The van der Waals surface area contributed by atoms with Gasteiger partial charge in [0.2, 0.25) is 0 Å². The predicted molar refractivity (Wildman–Crippen MR) is 298 cm³/mol. The molecule has 0 aliphatic heterocycles. The maximum Gasteiger partial charge on any atom is 0.0896 e. The molecule has 0 spiro atoms. The smallest absolute Gasteiger partial charge is 0.0896 e. The number of halogens is 2. The van der Waals surface area contributed by atoms with Gasteiger partial charge in [0.05, 0.1) is 23.0 Å². The van der Waals surface area contributed by atoms with E-state index >= 15 is 0 Å². The second-order valence-corrected chi connectivity index (χ2v) is 46.5. The van der Waals surface area contributed by atoms with Gasteiger partial charge in [0.25, 0.3) is 0 Å². The van der Waals surface area contributed by atoms with Gasteiger partial charge in [-0.3, -0.25) is 0 Å². The summed E-state index contributed by atoms with van der Waals surface area (Å²) in [5.41, 5.74) is 18.7. The Morgan fingerprint density at radius 1 is 0.441 bits per heavy atom. The van der Waals surface area contributed by atoms with Crippen molar-refractivity contribution in [1.82, 2.24) is 0 Å². The van der Waals surface area contributed by atoms with E-state index in [1.807, 2.05) is 26.0 Å². The molecule has 8 rings (SSSR count). The average Bonchev–Trinajstić information content (AvgIpc) is 4.05. The summed E-state index contributed by atoms with van der Waals surface area (Å²) >= 11 is -1.65. The first-order valence-corrected chi connectivity index (χ1v) is 36.7. The van der Waals surface area contributed by atoms with Crippen molar-refractivity contribution in [3.8, 4) is 44.9 Å². The van der Waals surface area contributed by atoms with E-state index in [0.29, 0.717) is 0 Å². The van der Waals surface area contributed by atoms with E-state index in [9.17, 15) is 0 Å². The number of fused-ring (bicyclic) bond motifs is 2. The van der Waals surface area contributed by atoms with E-state index in [2.05, 4.69) is 209 Å². The number of hydrogen-bond donors (Lipinski definition) is 0. The largest absolute Gasteiger partial charge is 0.496 e.